The fraction of sp³-hybridized carbons (Fsp3) is 0.929. The molecule has 1 aliphatic carbocycles. The van der Waals surface area contributed by atoms with Crippen LogP contribution in [0, 0.1) is 11.8 Å². The zero-order valence-corrected chi connectivity index (χ0v) is 12.4. The van der Waals surface area contributed by atoms with Gasteiger partial charge in [-0.1, -0.05) is 26.2 Å². The van der Waals surface area contributed by atoms with Gasteiger partial charge in [0, 0.05) is 17.8 Å². The lowest BCUT2D eigenvalue weighted by Gasteiger charge is -2.36. The highest BCUT2D eigenvalue weighted by molar-refractivity contribution is 8.00. The Morgan fingerprint density at radius 3 is 2.61 bits per heavy atom. The molecular weight excluding hydrogens is 244 g/mol. The zero-order chi connectivity index (χ0) is 13.0. The number of rotatable bonds is 4. The van der Waals surface area contributed by atoms with Gasteiger partial charge in [0.2, 0.25) is 5.91 Å². The van der Waals surface area contributed by atoms with Crippen LogP contribution in [-0.2, 0) is 4.79 Å². The first-order valence-corrected chi connectivity index (χ1v) is 8.43. The summed E-state index contributed by atoms with van der Waals surface area (Å²) in [7, 11) is 0. The van der Waals surface area contributed by atoms with Crippen LogP contribution in [0.15, 0.2) is 0 Å². The first-order valence-electron chi connectivity index (χ1n) is 7.20. The van der Waals surface area contributed by atoms with Gasteiger partial charge in [0.15, 0.2) is 0 Å². The first kappa shape index (κ1) is 14.2. The van der Waals surface area contributed by atoms with Gasteiger partial charge in [0.05, 0.1) is 5.92 Å². The molecule has 0 aromatic heterocycles. The van der Waals surface area contributed by atoms with Gasteiger partial charge in [0.1, 0.15) is 0 Å². The molecule has 1 aliphatic heterocycles. The standard InChI is InChI=1S/C14H26N2OS/c1-11-8-15-9-12(11)13(17)16-10-14(18-2)6-4-3-5-7-14/h11-12,15H,3-10H2,1-2H3,(H,16,17)/t11-,12-/m1/s1. The summed E-state index contributed by atoms with van der Waals surface area (Å²) in [6.45, 7) is 4.84. The molecule has 0 radical (unpaired) electrons. The van der Waals surface area contributed by atoms with Gasteiger partial charge in [-0.25, -0.2) is 0 Å². The number of nitrogens with one attached hydrogen (secondary N) is 2. The predicted octanol–water partition coefficient (Wildman–Crippen LogP) is 2.02. The van der Waals surface area contributed by atoms with Crippen LogP contribution in [0.2, 0.25) is 0 Å². The van der Waals surface area contributed by atoms with Crippen molar-refractivity contribution in [3.8, 4) is 0 Å². The van der Waals surface area contributed by atoms with Crippen LogP contribution < -0.4 is 10.6 Å². The second kappa shape index (κ2) is 6.29. The van der Waals surface area contributed by atoms with Gasteiger partial charge in [-0.05, 0) is 31.6 Å². The lowest BCUT2D eigenvalue weighted by Crippen LogP contribution is -2.44. The topological polar surface area (TPSA) is 41.1 Å². The normalized spacial score (nSPS) is 31.2. The third-order valence-electron chi connectivity index (χ3n) is 4.64. The van der Waals surface area contributed by atoms with E-state index in [1.165, 1.54) is 32.1 Å². The van der Waals surface area contributed by atoms with E-state index in [0.717, 1.165) is 19.6 Å². The molecule has 2 fully saturated rings. The number of carbonyl (C=O) groups is 1. The Morgan fingerprint density at radius 2 is 2.06 bits per heavy atom. The van der Waals surface area contributed by atoms with Crippen LogP contribution in [0.25, 0.3) is 0 Å². The molecule has 4 heteroatoms. The summed E-state index contributed by atoms with van der Waals surface area (Å²) in [6.07, 6.45) is 8.70. The van der Waals surface area contributed by atoms with E-state index < -0.39 is 0 Å². The second-order valence-electron chi connectivity index (χ2n) is 5.91. The Bertz CT molecular complexity index is 290. The molecule has 0 unspecified atom stereocenters. The third kappa shape index (κ3) is 3.21. The highest BCUT2D eigenvalue weighted by Gasteiger charge is 2.34. The Morgan fingerprint density at radius 1 is 1.33 bits per heavy atom. The molecule has 2 atom stereocenters. The second-order valence-corrected chi connectivity index (χ2v) is 7.18. The monoisotopic (exact) mass is 270 g/mol. The molecule has 0 spiro atoms. The lowest BCUT2D eigenvalue weighted by molar-refractivity contribution is -0.125. The molecule has 0 aromatic carbocycles. The first-order chi connectivity index (χ1) is 8.67. The van der Waals surface area contributed by atoms with Crippen LogP contribution in [0.5, 0.6) is 0 Å². The minimum absolute atomic E-state index is 0.174. The molecule has 3 nitrogen and oxygen atoms in total. The van der Waals surface area contributed by atoms with Crippen molar-refractivity contribution in [3.63, 3.8) is 0 Å². The number of carbonyl (C=O) groups excluding carboxylic acids is 1. The van der Waals surface area contributed by atoms with Crippen molar-refractivity contribution in [1.82, 2.24) is 10.6 Å². The maximum atomic E-state index is 12.2. The molecule has 1 amide bonds. The van der Waals surface area contributed by atoms with Crippen LogP contribution in [0.3, 0.4) is 0 Å². The van der Waals surface area contributed by atoms with Gasteiger partial charge in [0.25, 0.3) is 0 Å². The molecule has 1 saturated carbocycles. The van der Waals surface area contributed by atoms with E-state index in [4.69, 9.17) is 0 Å². The van der Waals surface area contributed by atoms with Crippen LogP contribution in [0.4, 0.5) is 0 Å². The molecule has 1 heterocycles. The summed E-state index contributed by atoms with van der Waals surface area (Å²) in [5, 5.41) is 6.52. The Kier molecular flexibility index (Phi) is 4.96. The molecule has 2 rings (SSSR count). The van der Waals surface area contributed by atoms with E-state index in [-0.39, 0.29) is 11.8 Å². The van der Waals surface area contributed by atoms with E-state index in [2.05, 4.69) is 23.8 Å². The molecule has 104 valence electrons. The molecule has 0 bridgehead atoms. The molecule has 0 aromatic rings. The van der Waals surface area contributed by atoms with Crippen molar-refractivity contribution in [2.75, 3.05) is 25.9 Å². The highest BCUT2D eigenvalue weighted by atomic mass is 32.2. The molecule has 1 saturated heterocycles. The molecule has 18 heavy (non-hydrogen) atoms. The van der Waals surface area contributed by atoms with Crippen molar-refractivity contribution >= 4 is 17.7 Å². The predicted molar refractivity (Wildman–Crippen MR) is 77.9 cm³/mol. The van der Waals surface area contributed by atoms with Crippen LogP contribution in [-0.4, -0.2) is 36.5 Å². The van der Waals surface area contributed by atoms with Crippen LogP contribution >= 0.6 is 11.8 Å². The summed E-state index contributed by atoms with van der Waals surface area (Å²) >= 11 is 1.95. The van der Waals surface area contributed by atoms with Crippen molar-refractivity contribution in [2.45, 2.75) is 43.8 Å². The van der Waals surface area contributed by atoms with Gasteiger partial charge >= 0.3 is 0 Å². The van der Waals surface area contributed by atoms with Gasteiger partial charge in [-0.2, -0.15) is 11.8 Å². The molecular formula is C14H26N2OS. The highest BCUT2D eigenvalue weighted by Crippen LogP contribution is 2.38. The maximum Gasteiger partial charge on any atom is 0.224 e. The average Bonchev–Trinajstić information content (AvgIpc) is 2.83. The van der Waals surface area contributed by atoms with E-state index in [9.17, 15) is 4.79 Å². The van der Waals surface area contributed by atoms with Gasteiger partial charge in [-0.3, -0.25) is 4.79 Å². The van der Waals surface area contributed by atoms with E-state index >= 15 is 0 Å². The molecule has 2 N–H and O–H groups in total. The summed E-state index contributed by atoms with van der Waals surface area (Å²) in [6, 6.07) is 0. The SMILES string of the molecule is CSC1(CNC(=O)[C@@H]2CNC[C@H]2C)CCCCC1. The van der Waals surface area contributed by atoms with Gasteiger partial charge < -0.3 is 10.6 Å². The summed E-state index contributed by atoms with van der Waals surface area (Å²) < 4.78 is 0.309. The van der Waals surface area contributed by atoms with Crippen molar-refractivity contribution in [1.29, 1.82) is 0 Å². The fourth-order valence-electron chi connectivity index (χ4n) is 3.19. The lowest BCUT2D eigenvalue weighted by atomic mass is 9.88. The van der Waals surface area contributed by atoms with Crippen molar-refractivity contribution < 1.29 is 4.79 Å². The van der Waals surface area contributed by atoms with E-state index in [1.807, 2.05) is 11.8 Å². The Balaban J connectivity index is 1.83. The maximum absolute atomic E-state index is 12.2. The van der Waals surface area contributed by atoms with E-state index in [0.29, 0.717) is 10.7 Å². The van der Waals surface area contributed by atoms with Crippen molar-refractivity contribution in [3.05, 3.63) is 0 Å². The smallest absolute Gasteiger partial charge is 0.224 e. The summed E-state index contributed by atoms with van der Waals surface area (Å²) in [5.41, 5.74) is 0. The van der Waals surface area contributed by atoms with Crippen molar-refractivity contribution in [2.24, 2.45) is 11.8 Å². The number of amides is 1. The minimum Gasteiger partial charge on any atom is -0.354 e. The third-order valence-corrected chi connectivity index (χ3v) is 6.06. The zero-order valence-electron chi connectivity index (χ0n) is 11.6. The van der Waals surface area contributed by atoms with Gasteiger partial charge in [-0.15, -0.1) is 0 Å². The summed E-state index contributed by atoms with van der Waals surface area (Å²) in [5.74, 6) is 0.903. The number of thioether (sulfide) groups is 1. The van der Waals surface area contributed by atoms with Crippen LogP contribution in [0.1, 0.15) is 39.0 Å². The Labute approximate surface area is 115 Å². The fourth-order valence-corrected chi connectivity index (χ4v) is 4.10. The Hall–Kier alpha value is -0.220. The number of hydrogen-bond acceptors (Lipinski definition) is 3. The molecule has 2 aliphatic rings. The van der Waals surface area contributed by atoms with E-state index in [1.54, 1.807) is 0 Å². The average molecular weight is 270 g/mol. The quantitative estimate of drug-likeness (QED) is 0.821. The number of hydrogen-bond donors (Lipinski definition) is 2. The summed E-state index contributed by atoms with van der Waals surface area (Å²) in [4.78, 5) is 12.2. The largest absolute Gasteiger partial charge is 0.354 e. The minimum atomic E-state index is 0.174.